The van der Waals surface area contributed by atoms with Crippen molar-refractivity contribution in [2.45, 2.75) is 53.0 Å². The summed E-state index contributed by atoms with van der Waals surface area (Å²) in [6.07, 6.45) is 2.36. The Morgan fingerprint density at radius 3 is 2.52 bits per heavy atom. The largest absolute Gasteiger partial charge is 0.481 e. The van der Waals surface area contributed by atoms with Gasteiger partial charge in [-0.05, 0) is 38.8 Å². The number of hydrogen-bond donors (Lipinski definition) is 1. The molecule has 0 bridgehead atoms. The average molecular weight is 298 g/mol. The van der Waals surface area contributed by atoms with Crippen LogP contribution in [0.25, 0.3) is 0 Å². The zero-order chi connectivity index (χ0) is 16.2. The molecule has 0 saturated carbocycles. The van der Waals surface area contributed by atoms with E-state index < -0.39 is 11.4 Å². The molecule has 0 aromatic carbocycles. The van der Waals surface area contributed by atoms with Gasteiger partial charge in [0.05, 0.1) is 5.41 Å². The molecule has 2 atom stereocenters. The fourth-order valence-electron chi connectivity index (χ4n) is 2.91. The van der Waals surface area contributed by atoms with E-state index in [9.17, 15) is 14.7 Å². The lowest BCUT2D eigenvalue weighted by atomic mass is 9.76. The maximum atomic E-state index is 12.4. The molecule has 21 heavy (non-hydrogen) atoms. The monoisotopic (exact) mass is 298 g/mol. The molecule has 5 nitrogen and oxygen atoms in total. The first-order valence-electron chi connectivity index (χ1n) is 7.93. The van der Waals surface area contributed by atoms with E-state index >= 15 is 0 Å². The highest BCUT2D eigenvalue weighted by Gasteiger charge is 2.39. The van der Waals surface area contributed by atoms with Crippen LogP contribution in [0.2, 0.25) is 0 Å². The molecule has 122 valence electrons. The Hall–Kier alpha value is -1.10. The second-order valence-corrected chi connectivity index (χ2v) is 6.75. The summed E-state index contributed by atoms with van der Waals surface area (Å²) in [4.78, 5) is 28.0. The summed E-state index contributed by atoms with van der Waals surface area (Å²) in [6.45, 7) is 10.3. The highest BCUT2D eigenvalue weighted by Crippen LogP contribution is 2.32. The molecule has 1 fully saturated rings. The van der Waals surface area contributed by atoms with Crippen LogP contribution >= 0.6 is 0 Å². The van der Waals surface area contributed by atoms with Gasteiger partial charge >= 0.3 is 5.97 Å². The summed E-state index contributed by atoms with van der Waals surface area (Å²) >= 11 is 0. The lowest BCUT2D eigenvalue weighted by Gasteiger charge is -2.32. The number of nitrogens with zero attached hydrogens (tertiary/aromatic N) is 2. The summed E-state index contributed by atoms with van der Waals surface area (Å²) < 4.78 is 0. The molecule has 1 N–H and O–H groups in total. The average Bonchev–Trinajstić information content (AvgIpc) is 2.85. The Morgan fingerprint density at radius 1 is 1.43 bits per heavy atom. The third-order valence-corrected chi connectivity index (χ3v) is 5.10. The minimum Gasteiger partial charge on any atom is -0.481 e. The van der Waals surface area contributed by atoms with Gasteiger partial charge in [0.2, 0.25) is 5.91 Å². The second-order valence-electron chi connectivity index (χ2n) is 6.75. The maximum absolute atomic E-state index is 12.4. The van der Waals surface area contributed by atoms with Gasteiger partial charge < -0.3 is 10.0 Å². The molecule has 1 aliphatic rings. The fourth-order valence-corrected chi connectivity index (χ4v) is 2.91. The predicted molar refractivity (Wildman–Crippen MR) is 83.1 cm³/mol. The summed E-state index contributed by atoms with van der Waals surface area (Å²) in [5, 5.41) is 9.42. The van der Waals surface area contributed by atoms with Crippen molar-refractivity contribution in [3.63, 3.8) is 0 Å². The molecule has 1 rings (SSSR count). The highest BCUT2D eigenvalue weighted by atomic mass is 16.4. The first-order chi connectivity index (χ1) is 9.72. The van der Waals surface area contributed by atoms with E-state index in [0.717, 1.165) is 19.5 Å². The van der Waals surface area contributed by atoms with Gasteiger partial charge in [-0.2, -0.15) is 0 Å². The van der Waals surface area contributed by atoms with E-state index in [0.29, 0.717) is 12.6 Å². The zero-order valence-corrected chi connectivity index (χ0v) is 14.1. The number of amides is 1. The molecule has 0 aromatic rings. The molecule has 1 amide bonds. The molecule has 1 aliphatic heterocycles. The number of carboxylic acid groups (broad SMARTS) is 1. The van der Waals surface area contributed by atoms with Gasteiger partial charge in [-0.15, -0.1) is 0 Å². The van der Waals surface area contributed by atoms with Crippen LogP contribution in [0.1, 0.15) is 47.0 Å². The van der Waals surface area contributed by atoms with Crippen molar-refractivity contribution in [3.05, 3.63) is 0 Å². The first kappa shape index (κ1) is 18.0. The van der Waals surface area contributed by atoms with Crippen LogP contribution in [0.4, 0.5) is 0 Å². The lowest BCUT2D eigenvalue weighted by molar-refractivity contribution is -0.155. The Bertz CT molecular complexity index is 384. The van der Waals surface area contributed by atoms with E-state index in [-0.39, 0.29) is 18.2 Å². The van der Waals surface area contributed by atoms with Gasteiger partial charge in [-0.1, -0.05) is 20.8 Å². The van der Waals surface area contributed by atoms with Crippen LogP contribution in [0, 0.1) is 11.3 Å². The van der Waals surface area contributed by atoms with Gasteiger partial charge in [-0.3, -0.25) is 14.5 Å². The summed E-state index contributed by atoms with van der Waals surface area (Å²) in [7, 11) is 1.79. The minimum absolute atomic E-state index is 0.0648. The number of hydrogen-bond acceptors (Lipinski definition) is 3. The topological polar surface area (TPSA) is 60.9 Å². The second kappa shape index (κ2) is 7.25. The number of carbonyl (C=O) groups excluding carboxylic acids is 1. The lowest BCUT2D eigenvalue weighted by Crippen LogP contribution is -2.44. The molecule has 0 aromatic heterocycles. The molecular formula is C16H30N2O3. The van der Waals surface area contributed by atoms with Crippen molar-refractivity contribution in [2.24, 2.45) is 11.3 Å². The van der Waals surface area contributed by atoms with Crippen LogP contribution in [0.15, 0.2) is 0 Å². The van der Waals surface area contributed by atoms with E-state index in [1.54, 1.807) is 18.9 Å². The third-order valence-electron chi connectivity index (χ3n) is 5.10. The van der Waals surface area contributed by atoms with Crippen molar-refractivity contribution in [1.82, 2.24) is 9.80 Å². The van der Waals surface area contributed by atoms with Crippen LogP contribution in [-0.4, -0.2) is 59.5 Å². The normalized spacial score (nSPS) is 22.3. The van der Waals surface area contributed by atoms with Crippen LogP contribution in [0.5, 0.6) is 0 Å². The smallest absolute Gasteiger partial charge is 0.310 e. The standard InChI is InChI=1S/C16H30N2O3/c1-6-18-9-7-8-13(18)11-17(5)14(19)10-16(4,12(2)3)15(20)21/h12-13H,6-11H2,1-5H3,(H,20,21). The van der Waals surface area contributed by atoms with E-state index in [4.69, 9.17) is 0 Å². The molecule has 0 radical (unpaired) electrons. The van der Waals surface area contributed by atoms with Crippen LogP contribution in [0.3, 0.4) is 0 Å². The Morgan fingerprint density at radius 2 is 2.05 bits per heavy atom. The summed E-state index contributed by atoms with van der Waals surface area (Å²) in [5.41, 5.74) is -0.995. The number of carboxylic acids is 1. The Labute approximate surface area is 128 Å². The number of carbonyl (C=O) groups is 2. The third kappa shape index (κ3) is 4.19. The van der Waals surface area contributed by atoms with Crippen molar-refractivity contribution >= 4 is 11.9 Å². The molecule has 1 heterocycles. The number of likely N-dealkylation sites (tertiary alicyclic amines) is 1. The SMILES string of the molecule is CCN1CCCC1CN(C)C(=O)CC(C)(C(=O)O)C(C)C. The molecule has 5 heteroatoms. The van der Waals surface area contributed by atoms with Gasteiger partial charge in [-0.25, -0.2) is 0 Å². The van der Waals surface area contributed by atoms with Crippen molar-refractivity contribution in [2.75, 3.05) is 26.7 Å². The number of rotatable bonds is 7. The fraction of sp³-hybridized carbons (Fsp3) is 0.875. The molecule has 2 unspecified atom stereocenters. The van der Waals surface area contributed by atoms with Crippen molar-refractivity contribution in [1.29, 1.82) is 0 Å². The van der Waals surface area contributed by atoms with Gasteiger partial charge in [0.1, 0.15) is 0 Å². The summed E-state index contributed by atoms with van der Waals surface area (Å²) in [5.74, 6) is -1.04. The van der Waals surface area contributed by atoms with E-state index in [1.807, 2.05) is 13.8 Å². The highest BCUT2D eigenvalue weighted by molar-refractivity contribution is 5.84. The van der Waals surface area contributed by atoms with E-state index in [1.165, 1.54) is 6.42 Å². The maximum Gasteiger partial charge on any atom is 0.310 e. The Kier molecular flexibility index (Phi) is 6.20. The molecular weight excluding hydrogens is 268 g/mol. The molecule has 0 aliphatic carbocycles. The number of aliphatic carboxylic acids is 1. The summed E-state index contributed by atoms with van der Waals surface area (Å²) in [6, 6.07) is 0.416. The van der Waals surface area contributed by atoms with Gasteiger partial charge in [0.15, 0.2) is 0 Å². The molecule has 1 saturated heterocycles. The van der Waals surface area contributed by atoms with Crippen molar-refractivity contribution in [3.8, 4) is 0 Å². The van der Waals surface area contributed by atoms with E-state index in [2.05, 4.69) is 11.8 Å². The Balaban J connectivity index is 2.64. The minimum atomic E-state index is -0.995. The number of likely N-dealkylation sites (N-methyl/N-ethyl adjacent to an activating group) is 2. The van der Waals surface area contributed by atoms with Crippen LogP contribution < -0.4 is 0 Å². The quantitative estimate of drug-likeness (QED) is 0.781. The first-order valence-corrected chi connectivity index (χ1v) is 7.93. The van der Waals surface area contributed by atoms with Gasteiger partial charge in [0.25, 0.3) is 0 Å². The van der Waals surface area contributed by atoms with Crippen molar-refractivity contribution < 1.29 is 14.7 Å². The zero-order valence-electron chi connectivity index (χ0n) is 14.1. The molecule has 0 spiro atoms. The van der Waals surface area contributed by atoms with Gasteiger partial charge in [0, 0.05) is 26.1 Å². The van der Waals surface area contributed by atoms with Crippen LogP contribution in [-0.2, 0) is 9.59 Å². The predicted octanol–water partition coefficient (Wildman–Crippen LogP) is 2.07.